The highest BCUT2D eigenvalue weighted by molar-refractivity contribution is 7.20. The molecule has 4 aromatic rings. The number of hydrogen-bond donors (Lipinski definition) is 3. The summed E-state index contributed by atoms with van der Waals surface area (Å²) >= 11 is 0.977. The monoisotopic (exact) mass is 562 g/mol. The Morgan fingerprint density at radius 1 is 1.15 bits per heavy atom. The summed E-state index contributed by atoms with van der Waals surface area (Å²) < 4.78 is 62.4. The van der Waals surface area contributed by atoms with Crippen LogP contribution < -0.4 is 15.8 Å². The van der Waals surface area contributed by atoms with Gasteiger partial charge >= 0.3 is 6.18 Å². The van der Waals surface area contributed by atoms with Gasteiger partial charge in [-0.15, -0.1) is 11.3 Å². The minimum Gasteiger partial charge on any atom is -0.491 e. The van der Waals surface area contributed by atoms with Crippen molar-refractivity contribution in [3.05, 3.63) is 76.7 Å². The first kappa shape index (κ1) is 27.9. The van der Waals surface area contributed by atoms with Gasteiger partial charge in [-0.05, 0) is 49.4 Å². The van der Waals surface area contributed by atoms with E-state index in [1.165, 1.54) is 24.4 Å². The standard InChI is InChI=1S/C26H22F4N4O4S/c1-2-38-22-16(12-20(31)35)11-19(34-21(22)14-5-7-17(27)8-6-14)25(37,26(28,29)30)13-33-23(36)18-10-15-4-3-9-32-24(15)39-18/h3-11,37H,2,12-13H2,1H3,(H2,31,35)(H,33,36)/t25-/m0/s1. The average molecular weight is 563 g/mol. The summed E-state index contributed by atoms with van der Waals surface area (Å²) in [6.45, 7) is 0.378. The van der Waals surface area contributed by atoms with E-state index in [1.54, 1.807) is 19.1 Å². The molecule has 1 aromatic carbocycles. The fraction of sp³-hybridized carbons (Fsp3) is 0.231. The lowest BCUT2D eigenvalue weighted by Crippen LogP contribution is -2.51. The van der Waals surface area contributed by atoms with Gasteiger partial charge in [0.05, 0.1) is 30.1 Å². The Kier molecular flexibility index (Phi) is 7.84. The molecular weight excluding hydrogens is 540 g/mol. The van der Waals surface area contributed by atoms with E-state index in [0.29, 0.717) is 10.2 Å². The minimum absolute atomic E-state index is 0.0435. The lowest BCUT2D eigenvalue weighted by atomic mass is 9.93. The van der Waals surface area contributed by atoms with Crippen LogP contribution in [0.15, 0.2) is 54.7 Å². The Hall–Kier alpha value is -4.10. The third kappa shape index (κ3) is 5.83. The molecule has 1 atom stereocenters. The molecule has 4 N–H and O–H groups in total. The molecule has 3 aromatic heterocycles. The molecule has 0 aliphatic heterocycles. The molecule has 0 spiro atoms. The number of pyridine rings is 2. The first-order chi connectivity index (χ1) is 18.4. The van der Waals surface area contributed by atoms with Gasteiger partial charge in [0, 0.05) is 22.7 Å². The Balaban J connectivity index is 1.79. The third-order valence-corrected chi connectivity index (χ3v) is 6.79. The predicted molar refractivity (Wildman–Crippen MR) is 136 cm³/mol. The van der Waals surface area contributed by atoms with Gasteiger partial charge in [0.25, 0.3) is 5.91 Å². The molecule has 0 aliphatic rings. The number of amides is 2. The fourth-order valence-electron chi connectivity index (χ4n) is 3.84. The van der Waals surface area contributed by atoms with Gasteiger partial charge < -0.3 is 20.9 Å². The van der Waals surface area contributed by atoms with Gasteiger partial charge in [-0.25, -0.2) is 14.4 Å². The molecule has 2 amide bonds. The van der Waals surface area contributed by atoms with Gasteiger partial charge in [0.2, 0.25) is 11.5 Å². The maximum absolute atomic E-state index is 14.4. The fourth-order valence-corrected chi connectivity index (χ4v) is 4.76. The predicted octanol–water partition coefficient (Wildman–Crippen LogP) is 4.10. The number of alkyl halides is 3. The van der Waals surface area contributed by atoms with Crippen molar-refractivity contribution in [1.82, 2.24) is 15.3 Å². The van der Waals surface area contributed by atoms with Gasteiger partial charge in [0.15, 0.2) is 0 Å². The second kappa shape index (κ2) is 10.9. The van der Waals surface area contributed by atoms with E-state index in [2.05, 4.69) is 15.3 Å². The molecule has 0 unspecified atom stereocenters. The summed E-state index contributed by atoms with van der Waals surface area (Å²) in [7, 11) is 0. The van der Waals surface area contributed by atoms with Crippen LogP contribution in [0, 0.1) is 5.82 Å². The van der Waals surface area contributed by atoms with Crippen LogP contribution in [0.2, 0.25) is 0 Å². The summed E-state index contributed by atoms with van der Waals surface area (Å²) in [6.07, 6.45) is -4.33. The number of thiophene rings is 1. The van der Waals surface area contributed by atoms with Gasteiger partial charge in [-0.3, -0.25) is 9.59 Å². The first-order valence-electron chi connectivity index (χ1n) is 11.6. The van der Waals surface area contributed by atoms with Crippen molar-refractivity contribution in [3.63, 3.8) is 0 Å². The molecule has 0 saturated carbocycles. The van der Waals surface area contributed by atoms with E-state index >= 15 is 0 Å². The summed E-state index contributed by atoms with van der Waals surface area (Å²) in [6, 6.07) is 10.4. The molecule has 0 saturated heterocycles. The number of nitrogens with zero attached hydrogens (tertiary/aromatic N) is 2. The normalized spacial score (nSPS) is 13.2. The van der Waals surface area contributed by atoms with Gasteiger partial charge in [-0.1, -0.05) is 6.07 Å². The van der Waals surface area contributed by atoms with Crippen molar-refractivity contribution >= 4 is 33.4 Å². The van der Waals surface area contributed by atoms with Crippen LogP contribution >= 0.6 is 11.3 Å². The Morgan fingerprint density at radius 2 is 1.87 bits per heavy atom. The van der Waals surface area contributed by atoms with Crippen molar-refractivity contribution in [3.8, 4) is 17.0 Å². The van der Waals surface area contributed by atoms with Crippen LogP contribution in [-0.2, 0) is 16.8 Å². The first-order valence-corrected chi connectivity index (χ1v) is 12.4. The number of hydrogen-bond acceptors (Lipinski definition) is 7. The molecule has 3 heterocycles. The largest absolute Gasteiger partial charge is 0.491 e. The van der Waals surface area contributed by atoms with E-state index in [4.69, 9.17) is 10.5 Å². The molecule has 0 fully saturated rings. The molecule has 0 radical (unpaired) electrons. The molecule has 0 bridgehead atoms. The van der Waals surface area contributed by atoms with E-state index in [0.717, 1.165) is 29.5 Å². The van der Waals surface area contributed by atoms with Gasteiger partial charge in [-0.2, -0.15) is 13.2 Å². The quantitative estimate of drug-likeness (QED) is 0.264. The van der Waals surface area contributed by atoms with E-state index < -0.39 is 48.1 Å². The highest BCUT2D eigenvalue weighted by atomic mass is 32.1. The van der Waals surface area contributed by atoms with Crippen molar-refractivity contribution in [2.45, 2.75) is 25.1 Å². The minimum atomic E-state index is -5.31. The van der Waals surface area contributed by atoms with Crippen molar-refractivity contribution in [2.75, 3.05) is 13.2 Å². The van der Waals surface area contributed by atoms with Crippen molar-refractivity contribution in [2.24, 2.45) is 5.73 Å². The highest BCUT2D eigenvalue weighted by Crippen LogP contribution is 2.42. The molecule has 13 heteroatoms. The van der Waals surface area contributed by atoms with Crippen LogP contribution in [0.1, 0.15) is 27.9 Å². The van der Waals surface area contributed by atoms with Crippen LogP contribution in [0.3, 0.4) is 0 Å². The number of carbonyl (C=O) groups is 2. The molecule has 8 nitrogen and oxygen atoms in total. The molecule has 0 aliphatic carbocycles. The third-order valence-electron chi connectivity index (χ3n) is 5.74. The van der Waals surface area contributed by atoms with Crippen molar-refractivity contribution in [1.29, 1.82) is 0 Å². The topological polar surface area (TPSA) is 127 Å². The zero-order valence-electron chi connectivity index (χ0n) is 20.4. The number of nitrogens with one attached hydrogen (secondary N) is 1. The Morgan fingerprint density at radius 3 is 2.49 bits per heavy atom. The Labute approximate surface area is 223 Å². The second-order valence-corrected chi connectivity index (χ2v) is 9.51. The maximum atomic E-state index is 14.4. The number of primary amides is 1. The maximum Gasteiger partial charge on any atom is 0.424 e. The summed E-state index contributed by atoms with van der Waals surface area (Å²) in [4.78, 5) is 33.3. The summed E-state index contributed by atoms with van der Waals surface area (Å²) in [5.74, 6) is -2.38. The van der Waals surface area contributed by atoms with Crippen LogP contribution in [0.5, 0.6) is 5.75 Å². The number of aliphatic hydroxyl groups is 1. The van der Waals surface area contributed by atoms with Crippen LogP contribution in [0.4, 0.5) is 17.6 Å². The zero-order valence-corrected chi connectivity index (χ0v) is 21.2. The lowest BCUT2D eigenvalue weighted by Gasteiger charge is -2.31. The molecule has 4 rings (SSSR count). The molecule has 39 heavy (non-hydrogen) atoms. The number of rotatable bonds is 9. The Bertz CT molecular complexity index is 1490. The van der Waals surface area contributed by atoms with Crippen LogP contribution in [0.25, 0.3) is 21.5 Å². The average Bonchev–Trinajstić information content (AvgIpc) is 3.32. The number of nitrogens with two attached hydrogens (primary N) is 1. The number of aromatic nitrogens is 2. The number of ether oxygens (including phenoxy) is 1. The second-order valence-electron chi connectivity index (χ2n) is 8.48. The highest BCUT2D eigenvalue weighted by Gasteiger charge is 2.56. The van der Waals surface area contributed by atoms with E-state index in [9.17, 15) is 32.3 Å². The van der Waals surface area contributed by atoms with Gasteiger partial charge in [0.1, 0.15) is 22.1 Å². The number of benzene rings is 1. The molecular formula is C26H22F4N4O4S. The van der Waals surface area contributed by atoms with E-state index in [1.807, 2.05) is 0 Å². The SMILES string of the molecule is CCOc1c(CC(N)=O)cc([C@@](O)(CNC(=O)c2cc3cccnc3s2)C(F)(F)F)nc1-c1ccc(F)cc1. The van der Waals surface area contributed by atoms with E-state index in [-0.39, 0.29) is 34.1 Å². The summed E-state index contributed by atoms with van der Waals surface area (Å²) in [5.41, 5.74) is 0.664. The lowest BCUT2D eigenvalue weighted by molar-refractivity contribution is -0.265. The number of carbonyl (C=O) groups excluding carboxylic acids is 2. The van der Waals surface area contributed by atoms with Crippen LogP contribution in [-0.4, -0.2) is 46.2 Å². The smallest absolute Gasteiger partial charge is 0.424 e. The molecule has 204 valence electrons. The number of halogens is 4. The summed E-state index contributed by atoms with van der Waals surface area (Å²) in [5, 5.41) is 13.8. The van der Waals surface area contributed by atoms with Crippen molar-refractivity contribution < 1.29 is 37.0 Å². The zero-order chi connectivity index (χ0) is 28.4. The number of fused-ring (bicyclic) bond motifs is 1.